The molecule has 2 heterocycles. The molecule has 0 fully saturated rings. The Kier molecular flexibility index (Phi) is 5.69. The topological polar surface area (TPSA) is 69.3 Å². The fourth-order valence-corrected chi connectivity index (χ4v) is 5.54. The molecule has 0 saturated heterocycles. The predicted octanol–water partition coefficient (Wildman–Crippen LogP) is 6.30. The molecule has 32 heavy (non-hydrogen) atoms. The largest absolute Gasteiger partial charge is 0.495 e. The summed E-state index contributed by atoms with van der Waals surface area (Å²) in [6, 6.07) is 21.2. The lowest BCUT2D eigenvalue weighted by Crippen LogP contribution is -2.14. The Hall–Kier alpha value is -3.14. The van der Waals surface area contributed by atoms with Crippen LogP contribution in [0.4, 0.5) is 5.69 Å². The predicted molar refractivity (Wildman–Crippen MR) is 132 cm³/mol. The summed E-state index contributed by atoms with van der Waals surface area (Å²) in [6.07, 6.45) is 0. The number of amides is 1. The molecule has 9 heteroatoms. The third kappa shape index (κ3) is 4.02. The van der Waals surface area contributed by atoms with Crippen LogP contribution >= 0.6 is 35.3 Å². The van der Waals surface area contributed by atoms with Crippen LogP contribution in [0.25, 0.3) is 27.6 Å². The highest BCUT2D eigenvalue weighted by Gasteiger charge is 2.15. The Morgan fingerprint density at radius 2 is 1.91 bits per heavy atom. The van der Waals surface area contributed by atoms with E-state index < -0.39 is 0 Å². The molecule has 0 unspecified atom stereocenters. The summed E-state index contributed by atoms with van der Waals surface area (Å²) in [4.78, 5) is 12.6. The molecule has 0 saturated carbocycles. The van der Waals surface area contributed by atoms with Crippen LogP contribution < -0.4 is 10.1 Å². The molecular weight excluding hydrogens is 462 g/mol. The average molecular weight is 480 g/mol. The van der Waals surface area contributed by atoms with Crippen molar-refractivity contribution in [1.29, 1.82) is 0 Å². The van der Waals surface area contributed by atoms with Gasteiger partial charge < -0.3 is 14.5 Å². The first-order chi connectivity index (χ1) is 15.6. The number of rotatable bonds is 6. The van der Waals surface area contributed by atoms with Crippen LogP contribution in [0.1, 0.15) is 0 Å². The summed E-state index contributed by atoms with van der Waals surface area (Å²) in [5.74, 6) is 0.598. The van der Waals surface area contributed by atoms with E-state index in [0.29, 0.717) is 21.0 Å². The summed E-state index contributed by atoms with van der Waals surface area (Å²) in [5.41, 5.74) is 2.94. The SMILES string of the molecule is COc1cc2c(cc1NC(=O)CSc1nn(-c3ccccc3)c(=S)s1)oc1ccccc12. The van der Waals surface area contributed by atoms with Gasteiger partial charge in [0.25, 0.3) is 0 Å². The fourth-order valence-electron chi connectivity index (χ4n) is 3.38. The number of para-hydroxylation sites is 2. The van der Waals surface area contributed by atoms with Gasteiger partial charge in [0.05, 0.1) is 24.2 Å². The number of benzene rings is 3. The molecule has 1 amide bonds. The number of furan rings is 1. The maximum absolute atomic E-state index is 12.6. The molecule has 1 N–H and O–H groups in total. The van der Waals surface area contributed by atoms with Gasteiger partial charge in [-0.2, -0.15) is 0 Å². The number of methoxy groups -OCH3 is 1. The summed E-state index contributed by atoms with van der Waals surface area (Å²) in [5, 5.41) is 9.40. The maximum atomic E-state index is 12.6. The van der Waals surface area contributed by atoms with E-state index in [0.717, 1.165) is 26.4 Å². The molecule has 6 nitrogen and oxygen atoms in total. The van der Waals surface area contributed by atoms with Crippen LogP contribution in [-0.2, 0) is 4.79 Å². The van der Waals surface area contributed by atoms with Gasteiger partial charge in [-0.1, -0.05) is 59.5 Å². The number of fused-ring (bicyclic) bond motifs is 3. The molecule has 0 bridgehead atoms. The summed E-state index contributed by atoms with van der Waals surface area (Å²) < 4.78 is 14.5. The zero-order valence-corrected chi connectivity index (χ0v) is 19.4. The summed E-state index contributed by atoms with van der Waals surface area (Å²) in [7, 11) is 1.58. The van der Waals surface area contributed by atoms with Gasteiger partial charge in [-0.25, -0.2) is 4.68 Å². The number of aromatic nitrogens is 2. The number of anilines is 1. The second-order valence-corrected chi connectivity index (χ2v) is 9.71. The summed E-state index contributed by atoms with van der Waals surface area (Å²) >= 11 is 8.14. The van der Waals surface area contributed by atoms with Crippen molar-refractivity contribution < 1.29 is 13.9 Å². The molecule has 5 aromatic rings. The van der Waals surface area contributed by atoms with E-state index in [-0.39, 0.29) is 11.7 Å². The highest BCUT2D eigenvalue weighted by molar-refractivity contribution is 8.01. The highest BCUT2D eigenvalue weighted by Crippen LogP contribution is 2.36. The van der Waals surface area contributed by atoms with Gasteiger partial charge >= 0.3 is 0 Å². The number of hydrogen-bond acceptors (Lipinski definition) is 7. The van der Waals surface area contributed by atoms with Gasteiger partial charge in [-0.05, 0) is 36.5 Å². The van der Waals surface area contributed by atoms with Crippen molar-refractivity contribution in [2.45, 2.75) is 4.34 Å². The molecule has 160 valence electrons. The minimum Gasteiger partial charge on any atom is -0.495 e. The lowest BCUT2D eigenvalue weighted by atomic mass is 10.1. The van der Waals surface area contributed by atoms with Crippen molar-refractivity contribution in [3.05, 3.63) is 70.7 Å². The second-order valence-electron chi connectivity index (χ2n) is 6.86. The van der Waals surface area contributed by atoms with Crippen LogP contribution in [0.2, 0.25) is 0 Å². The Bertz CT molecular complexity index is 1490. The zero-order chi connectivity index (χ0) is 22.1. The Morgan fingerprint density at radius 1 is 1.12 bits per heavy atom. The van der Waals surface area contributed by atoms with Crippen LogP contribution in [-0.4, -0.2) is 28.6 Å². The van der Waals surface area contributed by atoms with Crippen molar-refractivity contribution >= 4 is 68.8 Å². The van der Waals surface area contributed by atoms with Crippen LogP contribution in [0, 0.1) is 3.95 Å². The third-order valence-corrected chi connectivity index (χ3v) is 7.20. The molecule has 5 rings (SSSR count). The Labute approximate surface area is 196 Å². The van der Waals surface area contributed by atoms with E-state index in [2.05, 4.69) is 10.4 Å². The van der Waals surface area contributed by atoms with Crippen molar-refractivity contribution in [1.82, 2.24) is 9.78 Å². The lowest BCUT2D eigenvalue weighted by Gasteiger charge is -2.10. The quantitative estimate of drug-likeness (QED) is 0.228. The third-order valence-electron chi connectivity index (χ3n) is 4.83. The molecule has 3 aromatic carbocycles. The number of carbonyl (C=O) groups is 1. The molecule has 0 radical (unpaired) electrons. The number of hydrogen-bond donors (Lipinski definition) is 1. The number of nitrogens with zero attached hydrogens (tertiary/aromatic N) is 2. The van der Waals surface area contributed by atoms with Gasteiger partial charge in [0.1, 0.15) is 16.9 Å². The molecule has 0 aliphatic carbocycles. The molecule has 0 atom stereocenters. The molecule has 0 aliphatic heterocycles. The van der Waals surface area contributed by atoms with Crippen molar-refractivity contribution in [2.24, 2.45) is 0 Å². The molecule has 2 aromatic heterocycles. The average Bonchev–Trinajstić information content (AvgIpc) is 3.37. The smallest absolute Gasteiger partial charge is 0.234 e. The van der Waals surface area contributed by atoms with Gasteiger partial charge in [0, 0.05) is 16.8 Å². The van der Waals surface area contributed by atoms with Gasteiger partial charge in [-0.3, -0.25) is 4.79 Å². The highest BCUT2D eigenvalue weighted by atomic mass is 32.2. The minimum absolute atomic E-state index is 0.170. The summed E-state index contributed by atoms with van der Waals surface area (Å²) in [6.45, 7) is 0. The van der Waals surface area contributed by atoms with Crippen LogP contribution in [0.15, 0.2) is 75.5 Å². The van der Waals surface area contributed by atoms with Gasteiger partial charge in [0.15, 0.2) is 8.29 Å². The number of carbonyl (C=O) groups excluding carboxylic acids is 1. The molecule has 0 aliphatic rings. The number of thioether (sulfide) groups is 1. The Balaban J connectivity index is 1.33. The van der Waals surface area contributed by atoms with Crippen molar-refractivity contribution in [2.75, 3.05) is 18.2 Å². The zero-order valence-electron chi connectivity index (χ0n) is 16.9. The first-order valence-electron chi connectivity index (χ1n) is 9.70. The minimum atomic E-state index is -0.170. The van der Waals surface area contributed by atoms with E-state index in [1.165, 1.54) is 23.1 Å². The van der Waals surface area contributed by atoms with Crippen molar-refractivity contribution in [3.63, 3.8) is 0 Å². The number of ether oxygens (including phenoxy) is 1. The lowest BCUT2D eigenvalue weighted by molar-refractivity contribution is -0.113. The second kappa shape index (κ2) is 8.78. The van der Waals surface area contributed by atoms with E-state index in [9.17, 15) is 4.79 Å². The first kappa shape index (κ1) is 20.7. The molecule has 0 spiro atoms. The normalized spacial score (nSPS) is 11.2. The van der Waals surface area contributed by atoms with Gasteiger partial charge in [-0.15, -0.1) is 5.10 Å². The van der Waals surface area contributed by atoms with Gasteiger partial charge in [0.2, 0.25) is 5.91 Å². The monoisotopic (exact) mass is 479 g/mol. The van der Waals surface area contributed by atoms with E-state index in [1.54, 1.807) is 17.9 Å². The fraction of sp³-hybridized carbons (Fsp3) is 0.0870. The number of nitrogens with one attached hydrogen (secondary N) is 1. The van der Waals surface area contributed by atoms with Crippen LogP contribution in [0.3, 0.4) is 0 Å². The van der Waals surface area contributed by atoms with E-state index >= 15 is 0 Å². The maximum Gasteiger partial charge on any atom is 0.234 e. The van der Waals surface area contributed by atoms with E-state index in [4.69, 9.17) is 21.4 Å². The van der Waals surface area contributed by atoms with Crippen LogP contribution in [0.5, 0.6) is 5.75 Å². The molecular formula is C23H17N3O3S3. The standard InChI is InChI=1S/C23H17N3O3S3/c1-28-20-11-16-15-9-5-6-10-18(15)29-19(16)12-17(20)24-21(27)13-31-22-25-26(23(30)32-22)14-7-3-2-4-8-14/h2-12H,13H2,1H3,(H,24,27). The Morgan fingerprint density at radius 3 is 2.72 bits per heavy atom. The van der Waals surface area contributed by atoms with E-state index in [1.807, 2.05) is 60.7 Å². The first-order valence-corrected chi connectivity index (χ1v) is 11.9. The van der Waals surface area contributed by atoms with Crippen molar-refractivity contribution in [3.8, 4) is 11.4 Å².